The van der Waals surface area contributed by atoms with Crippen LogP contribution in [0.2, 0.25) is 0 Å². The molecule has 0 aliphatic carbocycles. The maximum absolute atomic E-state index is 12.4. The maximum atomic E-state index is 12.4. The lowest BCUT2D eigenvalue weighted by atomic mass is 9.87. The van der Waals surface area contributed by atoms with Crippen LogP contribution >= 0.6 is 0 Å². The van der Waals surface area contributed by atoms with Gasteiger partial charge in [0.05, 0.1) is 12.2 Å². The number of ether oxygens (including phenoxy) is 2. The lowest BCUT2D eigenvalue weighted by Gasteiger charge is -2.22. The van der Waals surface area contributed by atoms with Crippen LogP contribution < -0.4 is 0 Å². The number of nitrogens with zero attached hydrogens (tertiary/aromatic N) is 2. The second-order valence-electron chi connectivity index (χ2n) is 6.10. The van der Waals surface area contributed by atoms with Crippen LogP contribution in [0.25, 0.3) is 0 Å². The molecule has 0 amide bonds. The topological polar surface area (TPSA) is 90.7 Å². The van der Waals surface area contributed by atoms with Gasteiger partial charge in [0.1, 0.15) is 6.61 Å². The number of aromatic nitrogens is 2. The van der Waals surface area contributed by atoms with E-state index in [1.165, 1.54) is 0 Å². The maximum Gasteiger partial charge on any atom is 0.516 e. The second kappa shape index (κ2) is 9.72. The van der Waals surface area contributed by atoms with Crippen LogP contribution in [0.5, 0.6) is 0 Å². The zero-order chi connectivity index (χ0) is 18.9. The number of benzene rings is 1. The van der Waals surface area contributed by atoms with Crippen LogP contribution in [0, 0.1) is 11.8 Å². The molecule has 0 spiro atoms. The van der Waals surface area contributed by atoms with E-state index >= 15 is 0 Å². The average Bonchev–Trinajstić information content (AvgIpc) is 3.05. The number of rotatable bonds is 8. The van der Waals surface area contributed by atoms with Crippen molar-refractivity contribution in [3.05, 3.63) is 54.1 Å². The van der Waals surface area contributed by atoms with Crippen molar-refractivity contribution in [3.63, 3.8) is 0 Å². The minimum Gasteiger partial charge on any atom is -0.429 e. The van der Waals surface area contributed by atoms with E-state index in [0.29, 0.717) is 12.8 Å². The first-order valence-electron chi connectivity index (χ1n) is 8.53. The molecule has 0 unspecified atom stereocenters. The van der Waals surface area contributed by atoms with Gasteiger partial charge in [0.25, 0.3) is 0 Å². The van der Waals surface area contributed by atoms with Crippen LogP contribution in [0.1, 0.15) is 24.6 Å². The lowest BCUT2D eigenvalue weighted by Crippen LogP contribution is -2.31. The molecule has 0 aliphatic heterocycles. The van der Waals surface area contributed by atoms with Crippen LogP contribution in [-0.2, 0) is 34.3 Å². The highest BCUT2D eigenvalue weighted by atomic mass is 16.7. The van der Waals surface area contributed by atoms with Crippen molar-refractivity contribution in [1.82, 2.24) is 9.55 Å². The highest BCUT2D eigenvalue weighted by Gasteiger charge is 2.30. The summed E-state index contributed by atoms with van der Waals surface area (Å²) in [4.78, 5) is 28.2. The molecule has 140 valence electrons. The number of aliphatic hydroxyl groups is 1. The van der Waals surface area contributed by atoms with Gasteiger partial charge in [0.2, 0.25) is 0 Å². The third-order valence-corrected chi connectivity index (χ3v) is 4.32. The molecule has 1 aromatic heterocycles. The van der Waals surface area contributed by atoms with Crippen molar-refractivity contribution in [2.75, 3.05) is 6.61 Å². The SMILES string of the molecule is CC[C@H](C(=O)OC(=O)OCc1ccccc1)[C@H](CO)Cc1cncn1C. The predicted molar refractivity (Wildman–Crippen MR) is 94.0 cm³/mol. The van der Waals surface area contributed by atoms with Gasteiger partial charge >= 0.3 is 12.1 Å². The molecule has 7 nitrogen and oxygen atoms in total. The quantitative estimate of drug-likeness (QED) is 0.574. The molecule has 0 fully saturated rings. The van der Waals surface area contributed by atoms with E-state index in [4.69, 9.17) is 9.47 Å². The van der Waals surface area contributed by atoms with Crippen LogP contribution in [0.3, 0.4) is 0 Å². The van der Waals surface area contributed by atoms with Gasteiger partial charge in [0.15, 0.2) is 0 Å². The standard InChI is InChI=1S/C19H24N2O5/c1-3-17(15(11-22)9-16-10-20-13-21(16)2)18(23)26-19(24)25-12-14-7-5-4-6-8-14/h4-8,10,13,15,17,22H,3,9,11-12H2,1-2H3/t15-,17-/m0/s1. The summed E-state index contributed by atoms with van der Waals surface area (Å²) in [6.45, 7) is 1.65. The lowest BCUT2D eigenvalue weighted by molar-refractivity contribution is -0.147. The highest BCUT2D eigenvalue weighted by molar-refractivity contribution is 5.83. The summed E-state index contributed by atoms with van der Waals surface area (Å²) in [6.07, 6.45) is 3.21. The first-order chi connectivity index (χ1) is 12.5. The Kier molecular flexibility index (Phi) is 7.35. The molecule has 26 heavy (non-hydrogen) atoms. The summed E-state index contributed by atoms with van der Waals surface area (Å²) in [6, 6.07) is 9.12. The van der Waals surface area contributed by atoms with Gasteiger partial charge in [-0.15, -0.1) is 0 Å². The number of carbonyl (C=O) groups excluding carboxylic acids is 2. The van der Waals surface area contributed by atoms with E-state index in [0.717, 1.165) is 11.3 Å². The zero-order valence-corrected chi connectivity index (χ0v) is 15.0. The van der Waals surface area contributed by atoms with E-state index in [2.05, 4.69) is 4.98 Å². The Bertz CT molecular complexity index is 714. The Morgan fingerprint density at radius 1 is 1.27 bits per heavy atom. The average molecular weight is 360 g/mol. The van der Waals surface area contributed by atoms with Crippen molar-refractivity contribution < 1.29 is 24.2 Å². The summed E-state index contributed by atoms with van der Waals surface area (Å²) in [7, 11) is 1.84. The van der Waals surface area contributed by atoms with Crippen molar-refractivity contribution >= 4 is 12.1 Å². The monoisotopic (exact) mass is 360 g/mol. The van der Waals surface area contributed by atoms with Crippen molar-refractivity contribution in [2.24, 2.45) is 18.9 Å². The van der Waals surface area contributed by atoms with Crippen LogP contribution in [0.4, 0.5) is 4.79 Å². The normalized spacial score (nSPS) is 13.0. The minimum atomic E-state index is -1.03. The Morgan fingerprint density at radius 2 is 2.00 bits per heavy atom. The molecule has 0 aliphatic rings. The molecule has 1 N–H and O–H groups in total. The molecule has 1 heterocycles. The fourth-order valence-electron chi connectivity index (χ4n) is 2.78. The molecular formula is C19H24N2O5. The first kappa shape index (κ1) is 19.7. The van der Waals surface area contributed by atoms with Gasteiger partial charge in [0, 0.05) is 31.5 Å². The Labute approximate surface area is 152 Å². The predicted octanol–water partition coefficient (Wildman–Crippen LogP) is 2.48. The van der Waals surface area contributed by atoms with Gasteiger partial charge in [-0.1, -0.05) is 37.3 Å². The summed E-state index contributed by atoms with van der Waals surface area (Å²) >= 11 is 0. The number of esters is 1. The molecule has 2 aromatic rings. The smallest absolute Gasteiger partial charge is 0.429 e. The molecule has 0 bridgehead atoms. The highest BCUT2D eigenvalue weighted by Crippen LogP contribution is 2.22. The van der Waals surface area contributed by atoms with E-state index in [-0.39, 0.29) is 19.1 Å². The van der Waals surface area contributed by atoms with E-state index in [1.807, 2.05) is 36.7 Å². The number of carbonyl (C=O) groups is 2. The number of hydrogen-bond acceptors (Lipinski definition) is 6. The van der Waals surface area contributed by atoms with Crippen molar-refractivity contribution in [1.29, 1.82) is 0 Å². The summed E-state index contributed by atoms with van der Waals surface area (Å²) in [5.41, 5.74) is 1.69. The van der Waals surface area contributed by atoms with Gasteiger partial charge in [-0.2, -0.15) is 0 Å². The summed E-state index contributed by atoms with van der Waals surface area (Å²) in [5.74, 6) is -1.67. The number of imidazole rings is 1. The fraction of sp³-hybridized carbons (Fsp3) is 0.421. The van der Waals surface area contributed by atoms with Gasteiger partial charge < -0.3 is 19.1 Å². The van der Waals surface area contributed by atoms with Crippen LogP contribution in [-0.4, -0.2) is 33.4 Å². The molecular weight excluding hydrogens is 336 g/mol. The van der Waals surface area contributed by atoms with E-state index in [9.17, 15) is 14.7 Å². The zero-order valence-electron chi connectivity index (χ0n) is 15.0. The molecule has 7 heteroatoms. The molecule has 2 rings (SSSR count). The van der Waals surface area contributed by atoms with E-state index in [1.54, 1.807) is 24.7 Å². The second-order valence-corrected chi connectivity index (χ2v) is 6.10. The minimum absolute atomic E-state index is 0.0300. The van der Waals surface area contributed by atoms with Crippen molar-refractivity contribution in [3.8, 4) is 0 Å². The van der Waals surface area contributed by atoms with Gasteiger partial charge in [-0.25, -0.2) is 9.78 Å². The molecule has 2 atom stereocenters. The Hall–Kier alpha value is -2.67. The number of hydrogen-bond donors (Lipinski definition) is 1. The van der Waals surface area contributed by atoms with E-state index < -0.39 is 18.0 Å². The third-order valence-electron chi connectivity index (χ3n) is 4.32. The molecule has 0 radical (unpaired) electrons. The third kappa shape index (κ3) is 5.42. The molecule has 0 saturated carbocycles. The van der Waals surface area contributed by atoms with Gasteiger partial charge in [-0.3, -0.25) is 4.79 Å². The molecule has 1 aromatic carbocycles. The van der Waals surface area contributed by atoms with Crippen LogP contribution in [0.15, 0.2) is 42.9 Å². The number of aliphatic hydroxyl groups excluding tert-OH is 1. The fourth-order valence-corrected chi connectivity index (χ4v) is 2.78. The first-order valence-corrected chi connectivity index (χ1v) is 8.53. The summed E-state index contributed by atoms with van der Waals surface area (Å²) < 4.78 is 11.6. The summed E-state index contributed by atoms with van der Waals surface area (Å²) in [5, 5.41) is 9.70. The Balaban J connectivity index is 1.91. The number of aryl methyl sites for hydroxylation is 1. The van der Waals surface area contributed by atoms with Gasteiger partial charge in [-0.05, 0) is 18.4 Å². The van der Waals surface area contributed by atoms with Crippen molar-refractivity contribution in [2.45, 2.75) is 26.4 Å². The Morgan fingerprint density at radius 3 is 2.58 bits per heavy atom. The largest absolute Gasteiger partial charge is 0.516 e. The molecule has 0 saturated heterocycles.